The highest BCUT2D eigenvalue weighted by molar-refractivity contribution is 7.89. The predicted molar refractivity (Wildman–Crippen MR) is 68.7 cm³/mol. The van der Waals surface area contributed by atoms with Crippen LogP contribution in [-0.4, -0.2) is 39.5 Å². The summed E-state index contributed by atoms with van der Waals surface area (Å²) in [5, 5.41) is 0. The summed E-state index contributed by atoms with van der Waals surface area (Å²) in [4.78, 5) is 0. The van der Waals surface area contributed by atoms with Gasteiger partial charge in [0.15, 0.2) is 0 Å². The zero-order chi connectivity index (χ0) is 11.6. The summed E-state index contributed by atoms with van der Waals surface area (Å²) in [5.74, 6) is 0.593. The zero-order valence-corrected chi connectivity index (χ0v) is 11.4. The Labute approximate surface area is 109 Å². The summed E-state index contributed by atoms with van der Waals surface area (Å²) in [7, 11) is -3.22. The van der Waals surface area contributed by atoms with Crippen molar-refractivity contribution in [3.8, 4) is 0 Å². The Balaban J connectivity index is 0.00000144. The third-order valence-electron chi connectivity index (χ3n) is 3.20. The number of hydrogen-bond donors (Lipinski definition) is 2. The van der Waals surface area contributed by atoms with Crippen LogP contribution in [0.1, 0.15) is 25.7 Å². The fourth-order valence-corrected chi connectivity index (χ4v) is 3.31. The SMILES string of the molecule is Cl.NC(CNS(=O)(=O)CC1CCCO1)C1CC1. The standard InChI is InChI=1S/C10H20N2O3S.ClH/c11-10(8-3-4-8)6-12-16(13,14)7-9-2-1-5-15-9;/h8-10,12H,1-7,11H2;1H. The van der Waals surface area contributed by atoms with Gasteiger partial charge in [-0.3, -0.25) is 0 Å². The van der Waals surface area contributed by atoms with Crippen LogP contribution < -0.4 is 10.5 Å². The Kier molecular flexibility index (Phi) is 5.66. The molecule has 0 amide bonds. The van der Waals surface area contributed by atoms with E-state index in [0.717, 1.165) is 25.7 Å². The van der Waals surface area contributed by atoms with Gasteiger partial charge in [-0.25, -0.2) is 13.1 Å². The van der Waals surface area contributed by atoms with Gasteiger partial charge in [-0.05, 0) is 31.6 Å². The molecule has 0 aromatic rings. The summed E-state index contributed by atoms with van der Waals surface area (Å²) in [5.41, 5.74) is 5.84. The Hall–Kier alpha value is 0.120. The molecule has 2 unspecified atom stereocenters. The van der Waals surface area contributed by atoms with Crippen molar-refractivity contribution in [2.45, 2.75) is 37.8 Å². The lowest BCUT2D eigenvalue weighted by molar-refractivity contribution is 0.127. The van der Waals surface area contributed by atoms with E-state index >= 15 is 0 Å². The van der Waals surface area contributed by atoms with Gasteiger partial charge in [-0.2, -0.15) is 0 Å². The average molecular weight is 285 g/mol. The minimum atomic E-state index is -3.22. The van der Waals surface area contributed by atoms with Crippen molar-refractivity contribution in [3.63, 3.8) is 0 Å². The minimum Gasteiger partial charge on any atom is -0.377 e. The molecule has 1 heterocycles. The van der Waals surface area contributed by atoms with Gasteiger partial charge in [0.25, 0.3) is 0 Å². The van der Waals surface area contributed by atoms with Gasteiger partial charge in [0, 0.05) is 19.2 Å². The van der Waals surface area contributed by atoms with Gasteiger partial charge in [0.1, 0.15) is 0 Å². The van der Waals surface area contributed by atoms with Gasteiger partial charge in [-0.1, -0.05) is 0 Å². The highest BCUT2D eigenvalue weighted by atomic mass is 35.5. The lowest BCUT2D eigenvalue weighted by atomic mass is 10.2. The first-order chi connectivity index (χ1) is 7.57. The molecule has 0 aromatic carbocycles. The van der Waals surface area contributed by atoms with Crippen LogP contribution in [-0.2, 0) is 14.8 Å². The molecular formula is C10H21ClN2O3S. The van der Waals surface area contributed by atoms with Crippen molar-refractivity contribution in [2.24, 2.45) is 11.7 Å². The maximum Gasteiger partial charge on any atom is 0.214 e. The van der Waals surface area contributed by atoms with Crippen molar-refractivity contribution in [3.05, 3.63) is 0 Å². The number of hydrogen-bond acceptors (Lipinski definition) is 4. The van der Waals surface area contributed by atoms with E-state index in [-0.39, 0.29) is 30.3 Å². The quantitative estimate of drug-likeness (QED) is 0.732. The molecule has 1 aliphatic carbocycles. The second-order valence-corrected chi connectivity index (χ2v) is 6.62. The Morgan fingerprint density at radius 3 is 2.59 bits per heavy atom. The third kappa shape index (κ3) is 5.09. The van der Waals surface area contributed by atoms with Crippen molar-refractivity contribution >= 4 is 22.4 Å². The van der Waals surface area contributed by atoms with E-state index < -0.39 is 10.0 Å². The fraction of sp³-hybridized carbons (Fsp3) is 1.00. The summed E-state index contributed by atoms with van der Waals surface area (Å²) in [6, 6.07) is -0.0285. The molecule has 17 heavy (non-hydrogen) atoms. The van der Waals surface area contributed by atoms with Crippen molar-refractivity contribution in [2.75, 3.05) is 18.9 Å². The molecule has 7 heteroatoms. The minimum absolute atomic E-state index is 0. The second-order valence-electron chi connectivity index (χ2n) is 4.77. The smallest absolute Gasteiger partial charge is 0.214 e. The lowest BCUT2D eigenvalue weighted by Gasteiger charge is -2.14. The van der Waals surface area contributed by atoms with Crippen LogP contribution in [0, 0.1) is 5.92 Å². The first-order valence-corrected chi connectivity index (χ1v) is 7.56. The Bertz CT molecular complexity index is 326. The van der Waals surface area contributed by atoms with E-state index in [1.54, 1.807) is 0 Å². The molecule has 2 aliphatic rings. The van der Waals surface area contributed by atoms with Crippen LogP contribution in [0.25, 0.3) is 0 Å². The van der Waals surface area contributed by atoms with E-state index in [4.69, 9.17) is 10.5 Å². The molecule has 0 bridgehead atoms. The molecule has 0 radical (unpaired) electrons. The van der Waals surface area contributed by atoms with E-state index in [0.29, 0.717) is 19.1 Å². The first-order valence-electron chi connectivity index (χ1n) is 5.91. The van der Waals surface area contributed by atoms with Crippen molar-refractivity contribution < 1.29 is 13.2 Å². The van der Waals surface area contributed by atoms with Gasteiger partial charge in [0.2, 0.25) is 10.0 Å². The van der Waals surface area contributed by atoms with E-state index in [9.17, 15) is 8.42 Å². The molecule has 0 aromatic heterocycles. The number of halogens is 1. The Morgan fingerprint density at radius 2 is 2.06 bits per heavy atom. The molecule has 2 fully saturated rings. The van der Waals surface area contributed by atoms with Crippen LogP contribution in [0.4, 0.5) is 0 Å². The maximum absolute atomic E-state index is 11.7. The second kappa shape index (κ2) is 6.33. The fourth-order valence-electron chi connectivity index (χ4n) is 1.99. The largest absolute Gasteiger partial charge is 0.377 e. The number of nitrogens with two attached hydrogens (primary N) is 1. The lowest BCUT2D eigenvalue weighted by Crippen LogP contribution is -2.41. The van der Waals surface area contributed by atoms with E-state index in [2.05, 4.69) is 4.72 Å². The molecule has 1 saturated heterocycles. The van der Waals surface area contributed by atoms with Crippen LogP contribution in [0.3, 0.4) is 0 Å². The van der Waals surface area contributed by atoms with Crippen LogP contribution in [0.15, 0.2) is 0 Å². The molecule has 2 rings (SSSR count). The monoisotopic (exact) mass is 284 g/mol. The first kappa shape index (κ1) is 15.2. The molecule has 0 spiro atoms. The molecule has 2 atom stereocenters. The number of sulfonamides is 1. The summed E-state index contributed by atoms with van der Waals surface area (Å²) < 4.78 is 31.3. The number of ether oxygens (including phenoxy) is 1. The topological polar surface area (TPSA) is 81.4 Å². The molecule has 3 N–H and O–H groups in total. The van der Waals surface area contributed by atoms with Crippen LogP contribution in [0.2, 0.25) is 0 Å². The number of rotatable bonds is 6. The maximum atomic E-state index is 11.7. The van der Waals surface area contributed by atoms with Crippen molar-refractivity contribution in [1.29, 1.82) is 0 Å². The van der Waals surface area contributed by atoms with Crippen LogP contribution >= 0.6 is 12.4 Å². The zero-order valence-electron chi connectivity index (χ0n) is 9.80. The Morgan fingerprint density at radius 1 is 1.35 bits per heavy atom. The average Bonchev–Trinajstić information content (AvgIpc) is 2.96. The highest BCUT2D eigenvalue weighted by Gasteiger charge is 2.30. The van der Waals surface area contributed by atoms with Crippen molar-refractivity contribution in [1.82, 2.24) is 4.72 Å². The molecule has 1 saturated carbocycles. The third-order valence-corrected chi connectivity index (χ3v) is 4.61. The summed E-state index contributed by atoms with van der Waals surface area (Å²) in [6.07, 6.45) is 3.94. The van der Waals surface area contributed by atoms with Gasteiger partial charge in [0.05, 0.1) is 11.9 Å². The van der Waals surface area contributed by atoms with Crippen LogP contribution in [0.5, 0.6) is 0 Å². The molecule has 1 aliphatic heterocycles. The molecule has 102 valence electrons. The number of nitrogens with one attached hydrogen (secondary N) is 1. The summed E-state index contributed by atoms with van der Waals surface area (Å²) >= 11 is 0. The van der Waals surface area contributed by atoms with Gasteiger partial charge < -0.3 is 10.5 Å². The van der Waals surface area contributed by atoms with Gasteiger partial charge >= 0.3 is 0 Å². The molecular weight excluding hydrogens is 264 g/mol. The highest BCUT2D eigenvalue weighted by Crippen LogP contribution is 2.31. The van der Waals surface area contributed by atoms with E-state index in [1.165, 1.54) is 0 Å². The molecule has 5 nitrogen and oxygen atoms in total. The summed E-state index contributed by atoms with van der Waals surface area (Å²) in [6.45, 7) is 1.04. The van der Waals surface area contributed by atoms with E-state index in [1.807, 2.05) is 0 Å². The normalized spacial score (nSPS) is 26.5. The van der Waals surface area contributed by atoms with Gasteiger partial charge in [-0.15, -0.1) is 12.4 Å². The predicted octanol–water partition coefficient (Wildman–Crippen LogP) is 0.244.